The van der Waals surface area contributed by atoms with Crippen LogP contribution in [0.2, 0.25) is 0 Å². The minimum atomic E-state index is 0.853. The van der Waals surface area contributed by atoms with Crippen molar-refractivity contribution >= 4 is 34.4 Å². The molecule has 4 aromatic rings. The summed E-state index contributed by atoms with van der Waals surface area (Å²) in [5, 5.41) is 4.71. The third-order valence-electron chi connectivity index (χ3n) is 4.95. The summed E-state index contributed by atoms with van der Waals surface area (Å²) in [5.41, 5.74) is 7.62. The fourth-order valence-corrected chi connectivity index (χ4v) is 3.38. The number of anilines is 2. The number of fused-ring (bicyclic) bond motifs is 1. The number of benzene rings is 3. The van der Waals surface area contributed by atoms with Crippen LogP contribution in [-0.2, 0) is 0 Å². The molecule has 0 atom stereocenters. The molecule has 0 aliphatic heterocycles. The lowest BCUT2D eigenvalue weighted by Gasteiger charge is -2.13. The average molecular weight is 380 g/mol. The van der Waals surface area contributed by atoms with Gasteiger partial charge in [-0.05, 0) is 61.4 Å². The van der Waals surface area contributed by atoms with Crippen molar-refractivity contribution in [2.45, 2.75) is 13.8 Å². The molecule has 1 aromatic heterocycles. The lowest BCUT2D eigenvalue weighted by Crippen LogP contribution is -1.97. The molecule has 3 nitrogen and oxygen atoms in total. The van der Waals surface area contributed by atoms with Gasteiger partial charge in [-0.15, -0.1) is 0 Å². The molecule has 0 bridgehead atoms. The fourth-order valence-electron chi connectivity index (χ4n) is 3.38. The van der Waals surface area contributed by atoms with Gasteiger partial charge in [0, 0.05) is 11.1 Å². The van der Waals surface area contributed by atoms with Gasteiger partial charge in [-0.3, -0.25) is 0 Å². The predicted octanol–water partition coefficient (Wildman–Crippen LogP) is 6.77. The van der Waals surface area contributed by atoms with Crippen LogP contribution in [0.25, 0.3) is 23.1 Å². The zero-order valence-corrected chi connectivity index (χ0v) is 16.9. The highest BCUT2D eigenvalue weighted by Crippen LogP contribution is 2.29. The van der Waals surface area contributed by atoms with E-state index in [-0.39, 0.29) is 0 Å². The van der Waals surface area contributed by atoms with Crippen molar-refractivity contribution in [3.63, 3.8) is 0 Å². The standard InChI is InChI=1S/C26H24N2O/c1-18-8-15-24(19(2)16-18)28-26-17-21(27-25-7-5-4-6-23(25)26)12-9-20-10-13-22(29-3)14-11-20/h4-17H,1-3H3,(H,27,28)/b12-9+. The van der Waals surface area contributed by atoms with Crippen molar-refractivity contribution in [3.8, 4) is 5.75 Å². The van der Waals surface area contributed by atoms with Gasteiger partial charge in [0.2, 0.25) is 0 Å². The Balaban J connectivity index is 1.70. The summed E-state index contributed by atoms with van der Waals surface area (Å²) in [7, 11) is 1.67. The van der Waals surface area contributed by atoms with Gasteiger partial charge < -0.3 is 10.1 Å². The van der Waals surface area contributed by atoms with E-state index in [9.17, 15) is 0 Å². The Bertz CT molecular complexity index is 1180. The smallest absolute Gasteiger partial charge is 0.118 e. The summed E-state index contributed by atoms with van der Waals surface area (Å²) in [6, 6.07) is 24.8. The zero-order chi connectivity index (χ0) is 20.2. The Morgan fingerprint density at radius 2 is 1.62 bits per heavy atom. The Kier molecular flexibility index (Phi) is 5.30. The van der Waals surface area contributed by atoms with E-state index in [1.807, 2.05) is 48.5 Å². The van der Waals surface area contributed by atoms with E-state index >= 15 is 0 Å². The molecule has 3 heteroatoms. The largest absolute Gasteiger partial charge is 0.497 e. The molecule has 144 valence electrons. The topological polar surface area (TPSA) is 34.1 Å². The number of aromatic nitrogens is 1. The maximum absolute atomic E-state index is 5.22. The van der Waals surface area contributed by atoms with Crippen LogP contribution < -0.4 is 10.1 Å². The monoisotopic (exact) mass is 380 g/mol. The second-order valence-electron chi connectivity index (χ2n) is 7.16. The van der Waals surface area contributed by atoms with Crippen molar-refractivity contribution in [3.05, 3.63) is 95.2 Å². The molecule has 3 aromatic carbocycles. The molecule has 0 aliphatic rings. The van der Waals surface area contributed by atoms with Gasteiger partial charge in [-0.2, -0.15) is 0 Å². The molecule has 4 rings (SSSR count). The number of nitrogens with zero attached hydrogens (tertiary/aromatic N) is 1. The summed E-state index contributed by atoms with van der Waals surface area (Å²) < 4.78 is 5.22. The number of rotatable bonds is 5. The number of ether oxygens (including phenoxy) is 1. The molecule has 0 spiro atoms. The van der Waals surface area contributed by atoms with Gasteiger partial charge in [-0.25, -0.2) is 4.98 Å². The minimum absolute atomic E-state index is 0.853. The molecular weight excluding hydrogens is 356 g/mol. The number of para-hydroxylation sites is 1. The number of nitrogens with one attached hydrogen (secondary N) is 1. The minimum Gasteiger partial charge on any atom is -0.497 e. The number of hydrogen-bond donors (Lipinski definition) is 1. The maximum atomic E-state index is 5.22. The highest BCUT2D eigenvalue weighted by molar-refractivity contribution is 5.94. The summed E-state index contributed by atoms with van der Waals surface area (Å²) in [6.07, 6.45) is 4.11. The first-order chi connectivity index (χ1) is 14.1. The number of aryl methyl sites for hydroxylation is 2. The van der Waals surface area contributed by atoms with Crippen LogP contribution in [0.3, 0.4) is 0 Å². The molecule has 0 saturated carbocycles. The average Bonchev–Trinajstić information content (AvgIpc) is 2.74. The summed E-state index contributed by atoms with van der Waals surface area (Å²) in [6.45, 7) is 4.24. The summed E-state index contributed by atoms with van der Waals surface area (Å²) in [4.78, 5) is 4.81. The normalized spacial score (nSPS) is 11.1. The fraction of sp³-hybridized carbons (Fsp3) is 0.115. The quantitative estimate of drug-likeness (QED) is 0.415. The first kappa shape index (κ1) is 18.8. The van der Waals surface area contributed by atoms with Gasteiger partial charge in [0.25, 0.3) is 0 Å². The molecule has 0 amide bonds. The van der Waals surface area contributed by atoms with Crippen molar-refractivity contribution in [1.82, 2.24) is 4.98 Å². The van der Waals surface area contributed by atoms with E-state index in [2.05, 4.69) is 55.6 Å². The molecule has 1 heterocycles. The van der Waals surface area contributed by atoms with Crippen LogP contribution >= 0.6 is 0 Å². The van der Waals surface area contributed by atoms with Gasteiger partial charge in [0.15, 0.2) is 0 Å². The third kappa shape index (κ3) is 4.30. The second-order valence-corrected chi connectivity index (χ2v) is 7.16. The Morgan fingerprint density at radius 1 is 0.828 bits per heavy atom. The Hall–Kier alpha value is -3.59. The van der Waals surface area contributed by atoms with Crippen molar-refractivity contribution in [2.24, 2.45) is 0 Å². The van der Waals surface area contributed by atoms with Crippen molar-refractivity contribution in [1.29, 1.82) is 0 Å². The predicted molar refractivity (Wildman–Crippen MR) is 123 cm³/mol. The lowest BCUT2D eigenvalue weighted by molar-refractivity contribution is 0.415. The van der Waals surface area contributed by atoms with E-state index < -0.39 is 0 Å². The highest BCUT2D eigenvalue weighted by Gasteiger charge is 2.06. The van der Waals surface area contributed by atoms with Crippen LogP contribution in [0, 0.1) is 13.8 Å². The SMILES string of the molecule is COc1ccc(/C=C/c2cc(Nc3ccc(C)cc3C)c3ccccc3n2)cc1. The second kappa shape index (κ2) is 8.19. The molecular formula is C26H24N2O. The van der Waals surface area contributed by atoms with E-state index in [1.165, 1.54) is 11.1 Å². The zero-order valence-electron chi connectivity index (χ0n) is 16.9. The van der Waals surface area contributed by atoms with Crippen LogP contribution in [0.5, 0.6) is 5.75 Å². The molecule has 29 heavy (non-hydrogen) atoms. The first-order valence-electron chi connectivity index (χ1n) is 9.68. The highest BCUT2D eigenvalue weighted by atomic mass is 16.5. The maximum Gasteiger partial charge on any atom is 0.118 e. The van der Waals surface area contributed by atoms with Gasteiger partial charge >= 0.3 is 0 Å². The van der Waals surface area contributed by atoms with Crippen molar-refractivity contribution in [2.75, 3.05) is 12.4 Å². The van der Waals surface area contributed by atoms with Crippen molar-refractivity contribution < 1.29 is 4.74 Å². The number of methoxy groups -OCH3 is 1. The Labute approximate surface area is 171 Å². The van der Waals surface area contributed by atoms with Crippen LogP contribution in [0.1, 0.15) is 22.4 Å². The number of hydrogen-bond acceptors (Lipinski definition) is 3. The van der Waals surface area contributed by atoms with Crippen LogP contribution in [0.15, 0.2) is 72.8 Å². The van der Waals surface area contributed by atoms with E-state index in [1.54, 1.807) is 7.11 Å². The number of pyridine rings is 1. The summed E-state index contributed by atoms with van der Waals surface area (Å²) >= 11 is 0. The van der Waals surface area contributed by atoms with Gasteiger partial charge in [0.1, 0.15) is 5.75 Å². The lowest BCUT2D eigenvalue weighted by atomic mass is 10.1. The Morgan fingerprint density at radius 3 is 2.38 bits per heavy atom. The van der Waals surface area contributed by atoms with Gasteiger partial charge in [-0.1, -0.05) is 54.1 Å². The summed E-state index contributed by atoms with van der Waals surface area (Å²) in [5.74, 6) is 0.853. The molecule has 0 aliphatic carbocycles. The molecule has 0 saturated heterocycles. The third-order valence-corrected chi connectivity index (χ3v) is 4.95. The molecule has 1 N–H and O–H groups in total. The molecule has 0 fully saturated rings. The van der Waals surface area contributed by atoms with Gasteiger partial charge in [0.05, 0.1) is 24.0 Å². The molecule has 0 unspecified atom stereocenters. The first-order valence-corrected chi connectivity index (χ1v) is 9.68. The van der Waals surface area contributed by atoms with E-state index in [4.69, 9.17) is 9.72 Å². The molecule has 0 radical (unpaired) electrons. The van der Waals surface area contributed by atoms with E-state index in [0.29, 0.717) is 0 Å². The van der Waals surface area contributed by atoms with Crippen LogP contribution in [0.4, 0.5) is 11.4 Å². The van der Waals surface area contributed by atoms with E-state index in [0.717, 1.165) is 39.3 Å². The van der Waals surface area contributed by atoms with Crippen LogP contribution in [-0.4, -0.2) is 12.1 Å².